The van der Waals surface area contributed by atoms with Gasteiger partial charge < -0.3 is 14.9 Å². The number of nitrogens with zero attached hydrogens (tertiary/aromatic N) is 2. The van der Waals surface area contributed by atoms with Gasteiger partial charge >= 0.3 is 0 Å². The fourth-order valence-electron chi connectivity index (χ4n) is 3.73. The molecule has 0 spiro atoms. The zero-order chi connectivity index (χ0) is 13.1. The Bertz CT molecular complexity index is 272. The maximum absolute atomic E-state index is 10.2. The van der Waals surface area contributed by atoms with Crippen molar-refractivity contribution in [1.82, 2.24) is 9.80 Å². The van der Waals surface area contributed by atoms with Crippen molar-refractivity contribution in [2.45, 2.75) is 51.0 Å². The molecular weight excluding hydrogens is 236 g/mol. The summed E-state index contributed by atoms with van der Waals surface area (Å²) >= 11 is 0. The number of rotatable bonds is 4. The van der Waals surface area contributed by atoms with Crippen molar-refractivity contribution in [3.05, 3.63) is 0 Å². The van der Waals surface area contributed by atoms with Crippen LogP contribution in [0.1, 0.15) is 44.9 Å². The summed E-state index contributed by atoms with van der Waals surface area (Å²) in [7, 11) is 0. The first-order valence-electron chi connectivity index (χ1n) is 8.44. The molecule has 0 amide bonds. The molecule has 3 fully saturated rings. The lowest BCUT2D eigenvalue weighted by molar-refractivity contribution is 0.0531. The third-order valence-electron chi connectivity index (χ3n) is 5.29. The summed E-state index contributed by atoms with van der Waals surface area (Å²) < 4.78 is 0. The van der Waals surface area contributed by atoms with Gasteiger partial charge in [-0.1, -0.05) is 19.3 Å². The average Bonchev–Trinajstić information content (AvgIpc) is 3.23. The lowest BCUT2D eigenvalue weighted by Gasteiger charge is -2.37. The Morgan fingerprint density at radius 2 is 1.37 bits per heavy atom. The highest BCUT2D eigenvalue weighted by molar-refractivity contribution is 4.82. The first kappa shape index (κ1) is 13.8. The highest BCUT2D eigenvalue weighted by Gasteiger charge is 2.28. The van der Waals surface area contributed by atoms with Gasteiger partial charge in [-0.25, -0.2) is 0 Å². The quantitative estimate of drug-likeness (QED) is 0.788. The van der Waals surface area contributed by atoms with Gasteiger partial charge in [0.05, 0.1) is 6.10 Å². The Labute approximate surface area is 118 Å². The lowest BCUT2D eigenvalue weighted by Crippen LogP contribution is -2.49. The number of hydrogen-bond donors (Lipinski definition) is 1. The molecule has 2 saturated carbocycles. The average molecular weight is 266 g/mol. The standard InChI is InChI=1S/C16H30N2O/c19-16-5-3-1-2-4-15(16)13-18-10-8-17(9-11-18)12-14-6-7-14/h14-16,19H,1-13H2. The Hall–Kier alpha value is -0.120. The van der Waals surface area contributed by atoms with E-state index in [-0.39, 0.29) is 6.10 Å². The predicted molar refractivity (Wildman–Crippen MR) is 78.2 cm³/mol. The first-order chi connectivity index (χ1) is 9.31. The summed E-state index contributed by atoms with van der Waals surface area (Å²) in [6, 6.07) is 0. The van der Waals surface area contributed by atoms with Crippen molar-refractivity contribution in [2.24, 2.45) is 11.8 Å². The highest BCUT2D eigenvalue weighted by atomic mass is 16.3. The molecule has 3 heteroatoms. The van der Waals surface area contributed by atoms with Crippen LogP contribution in [-0.2, 0) is 0 Å². The molecule has 3 rings (SSSR count). The molecule has 1 aliphatic heterocycles. The van der Waals surface area contributed by atoms with E-state index in [9.17, 15) is 5.11 Å². The van der Waals surface area contributed by atoms with Crippen LogP contribution in [0.2, 0.25) is 0 Å². The summed E-state index contributed by atoms with van der Waals surface area (Å²) in [6.45, 7) is 7.42. The number of aliphatic hydroxyl groups excluding tert-OH is 1. The van der Waals surface area contributed by atoms with Crippen molar-refractivity contribution < 1.29 is 5.11 Å². The summed E-state index contributed by atoms with van der Waals surface area (Å²) in [6.07, 6.45) is 9.05. The maximum atomic E-state index is 10.2. The molecule has 0 aromatic carbocycles. The van der Waals surface area contributed by atoms with Crippen LogP contribution in [0.15, 0.2) is 0 Å². The van der Waals surface area contributed by atoms with Gasteiger partial charge in [0, 0.05) is 39.3 Å². The van der Waals surface area contributed by atoms with Crippen LogP contribution in [0.25, 0.3) is 0 Å². The van der Waals surface area contributed by atoms with Gasteiger partial charge in [0.2, 0.25) is 0 Å². The van der Waals surface area contributed by atoms with Crippen molar-refractivity contribution in [2.75, 3.05) is 39.3 Å². The Morgan fingerprint density at radius 3 is 2.05 bits per heavy atom. The van der Waals surface area contributed by atoms with E-state index in [0.29, 0.717) is 5.92 Å². The van der Waals surface area contributed by atoms with Crippen molar-refractivity contribution in [3.8, 4) is 0 Å². The van der Waals surface area contributed by atoms with Gasteiger partial charge in [-0.15, -0.1) is 0 Å². The molecule has 110 valence electrons. The number of piperazine rings is 1. The first-order valence-corrected chi connectivity index (χ1v) is 8.44. The molecule has 1 N–H and O–H groups in total. The van der Waals surface area contributed by atoms with Crippen LogP contribution in [0, 0.1) is 11.8 Å². The molecule has 2 aliphatic carbocycles. The van der Waals surface area contributed by atoms with Crippen molar-refractivity contribution >= 4 is 0 Å². The zero-order valence-corrected chi connectivity index (χ0v) is 12.3. The predicted octanol–water partition coefficient (Wildman–Crippen LogP) is 1.96. The van der Waals surface area contributed by atoms with Crippen molar-refractivity contribution in [1.29, 1.82) is 0 Å². The van der Waals surface area contributed by atoms with E-state index >= 15 is 0 Å². The molecule has 0 bridgehead atoms. The largest absolute Gasteiger partial charge is 0.393 e. The van der Waals surface area contributed by atoms with Gasteiger partial charge in [-0.05, 0) is 37.5 Å². The Kier molecular flexibility index (Phi) is 4.78. The topological polar surface area (TPSA) is 26.7 Å². The van der Waals surface area contributed by atoms with E-state index in [1.807, 2.05) is 0 Å². The van der Waals surface area contributed by atoms with Gasteiger partial charge in [-0.3, -0.25) is 0 Å². The minimum absolute atomic E-state index is 0.0352. The Morgan fingerprint density at radius 1 is 0.737 bits per heavy atom. The fourth-order valence-corrected chi connectivity index (χ4v) is 3.73. The zero-order valence-electron chi connectivity index (χ0n) is 12.3. The second kappa shape index (κ2) is 6.55. The molecule has 1 saturated heterocycles. The number of aliphatic hydroxyl groups is 1. The number of hydrogen-bond acceptors (Lipinski definition) is 3. The molecular formula is C16H30N2O. The summed E-state index contributed by atoms with van der Waals surface area (Å²) in [5.74, 6) is 1.56. The van der Waals surface area contributed by atoms with E-state index in [2.05, 4.69) is 9.80 Å². The molecule has 0 aromatic rings. The molecule has 3 nitrogen and oxygen atoms in total. The molecule has 0 aromatic heterocycles. The van der Waals surface area contributed by atoms with E-state index in [0.717, 1.165) is 18.9 Å². The summed E-state index contributed by atoms with van der Waals surface area (Å²) in [5.41, 5.74) is 0. The monoisotopic (exact) mass is 266 g/mol. The molecule has 1 heterocycles. The second-order valence-corrected chi connectivity index (χ2v) is 7.01. The third kappa shape index (κ3) is 4.17. The fraction of sp³-hybridized carbons (Fsp3) is 1.00. The van der Waals surface area contributed by atoms with Gasteiger partial charge in [0.15, 0.2) is 0 Å². The van der Waals surface area contributed by atoms with Crippen LogP contribution in [0.4, 0.5) is 0 Å². The van der Waals surface area contributed by atoms with Crippen LogP contribution in [0.3, 0.4) is 0 Å². The second-order valence-electron chi connectivity index (χ2n) is 7.01. The third-order valence-corrected chi connectivity index (χ3v) is 5.29. The normalized spacial score (nSPS) is 35.2. The minimum atomic E-state index is -0.0352. The van der Waals surface area contributed by atoms with Gasteiger partial charge in [-0.2, -0.15) is 0 Å². The molecule has 0 radical (unpaired) electrons. The minimum Gasteiger partial charge on any atom is -0.393 e. The molecule has 3 aliphatic rings. The molecule has 19 heavy (non-hydrogen) atoms. The van der Waals surface area contributed by atoms with E-state index < -0.39 is 0 Å². The summed E-state index contributed by atoms with van der Waals surface area (Å²) in [4.78, 5) is 5.25. The van der Waals surface area contributed by atoms with Crippen LogP contribution in [-0.4, -0.2) is 60.3 Å². The lowest BCUT2D eigenvalue weighted by atomic mass is 9.96. The SMILES string of the molecule is OC1CCCCCC1CN1CCN(CC2CC2)CC1. The molecule has 2 atom stereocenters. The smallest absolute Gasteiger partial charge is 0.0580 e. The maximum Gasteiger partial charge on any atom is 0.0580 e. The van der Waals surface area contributed by atoms with Crippen LogP contribution < -0.4 is 0 Å². The highest BCUT2D eigenvalue weighted by Crippen LogP contribution is 2.30. The van der Waals surface area contributed by atoms with Crippen LogP contribution in [0.5, 0.6) is 0 Å². The van der Waals surface area contributed by atoms with Crippen LogP contribution >= 0.6 is 0 Å². The Balaban J connectivity index is 1.40. The van der Waals surface area contributed by atoms with Crippen molar-refractivity contribution in [3.63, 3.8) is 0 Å². The van der Waals surface area contributed by atoms with Gasteiger partial charge in [0.25, 0.3) is 0 Å². The van der Waals surface area contributed by atoms with E-state index in [1.54, 1.807) is 0 Å². The summed E-state index contributed by atoms with van der Waals surface area (Å²) in [5, 5.41) is 10.2. The van der Waals surface area contributed by atoms with Gasteiger partial charge in [0.1, 0.15) is 0 Å². The van der Waals surface area contributed by atoms with E-state index in [1.165, 1.54) is 71.2 Å². The van der Waals surface area contributed by atoms with E-state index in [4.69, 9.17) is 0 Å². The molecule has 2 unspecified atom stereocenters.